The highest BCUT2D eigenvalue weighted by Gasteiger charge is 2.29. The number of carbonyl (C=O) groups excluding carboxylic acids is 2. The number of rotatable bonds is 3. The lowest BCUT2D eigenvalue weighted by atomic mass is 10.5. The molecule has 80 valence electrons. The molecule has 1 aromatic rings. The van der Waals surface area contributed by atoms with Crippen molar-refractivity contribution in [2.75, 3.05) is 6.54 Å². The Bertz CT molecular complexity index is 383. The van der Waals surface area contributed by atoms with Gasteiger partial charge < -0.3 is 9.88 Å². The molecule has 7 heteroatoms. The van der Waals surface area contributed by atoms with Crippen molar-refractivity contribution >= 4 is 11.9 Å². The first-order valence-corrected chi connectivity index (χ1v) is 4.67. The van der Waals surface area contributed by atoms with Gasteiger partial charge in [-0.2, -0.15) is 0 Å². The smallest absolute Gasteiger partial charge is 0.325 e. The first-order chi connectivity index (χ1) is 7.22. The molecule has 0 radical (unpaired) electrons. The normalized spacial score (nSPS) is 15.9. The predicted molar refractivity (Wildman–Crippen MR) is 49.6 cm³/mol. The van der Waals surface area contributed by atoms with Crippen LogP contribution in [0.1, 0.15) is 12.7 Å². The fourth-order valence-electron chi connectivity index (χ4n) is 1.42. The second-order valence-corrected chi connectivity index (χ2v) is 3.17. The minimum absolute atomic E-state index is 0.0685. The lowest BCUT2D eigenvalue weighted by Crippen LogP contribution is -2.31. The second kappa shape index (κ2) is 3.68. The molecule has 1 aliphatic heterocycles. The Morgan fingerprint density at radius 2 is 2.33 bits per heavy atom. The Morgan fingerprint density at radius 3 is 2.93 bits per heavy atom. The molecular weight excluding hydrogens is 198 g/mol. The van der Waals surface area contributed by atoms with Crippen LogP contribution in [0.4, 0.5) is 4.79 Å². The average molecular weight is 209 g/mol. The van der Waals surface area contributed by atoms with Crippen LogP contribution in [0.15, 0.2) is 6.33 Å². The molecule has 0 bridgehead atoms. The summed E-state index contributed by atoms with van der Waals surface area (Å²) in [5.41, 5.74) is 0. The third-order valence-corrected chi connectivity index (χ3v) is 2.27. The van der Waals surface area contributed by atoms with Crippen molar-refractivity contribution in [2.45, 2.75) is 20.0 Å². The largest absolute Gasteiger partial charge is 0.329 e. The summed E-state index contributed by atoms with van der Waals surface area (Å²) < 4.78 is 1.79. The van der Waals surface area contributed by atoms with Gasteiger partial charge in [0.2, 0.25) is 5.91 Å². The molecule has 2 heterocycles. The summed E-state index contributed by atoms with van der Waals surface area (Å²) in [6, 6.07) is -0.370. The third-order valence-electron chi connectivity index (χ3n) is 2.27. The number of aromatic nitrogens is 3. The predicted octanol–water partition coefficient (Wildman–Crippen LogP) is -0.650. The minimum Gasteiger partial charge on any atom is -0.329 e. The van der Waals surface area contributed by atoms with E-state index >= 15 is 0 Å². The van der Waals surface area contributed by atoms with Gasteiger partial charge in [-0.1, -0.05) is 0 Å². The molecule has 0 aromatic carbocycles. The van der Waals surface area contributed by atoms with E-state index in [2.05, 4.69) is 15.5 Å². The van der Waals surface area contributed by atoms with E-state index in [-0.39, 0.29) is 25.0 Å². The number of nitrogens with zero attached hydrogens (tertiary/aromatic N) is 4. The maximum Gasteiger partial charge on any atom is 0.325 e. The fraction of sp³-hybridized carbons (Fsp3) is 0.500. The molecule has 0 saturated carbocycles. The van der Waals surface area contributed by atoms with E-state index in [0.717, 1.165) is 4.90 Å². The van der Waals surface area contributed by atoms with E-state index in [1.165, 1.54) is 0 Å². The molecule has 7 nitrogen and oxygen atoms in total. The summed E-state index contributed by atoms with van der Waals surface area (Å²) in [6.45, 7) is 2.91. The highest BCUT2D eigenvalue weighted by atomic mass is 16.2. The highest BCUT2D eigenvalue weighted by molar-refractivity contribution is 6.01. The molecule has 1 N–H and O–H groups in total. The van der Waals surface area contributed by atoms with Crippen LogP contribution in [0.25, 0.3) is 0 Å². The minimum atomic E-state index is -0.370. The van der Waals surface area contributed by atoms with Crippen LogP contribution in [-0.2, 0) is 17.9 Å². The van der Waals surface area contributed by atoms with Crippen molar-refractivity contribution in [3.05, 3.63) is 12.2 Å². The Labute approximate surface area is 86.1 Å². The van der Waals surface area contributed by atoms with Crippen LogP contribution < -0.4 is 5.32 Å². The van der Waals surface area contributed by atoms with Crippen LogP contribution in [0, 0.1) is 0 Å². The number of hydrogen-bond acceptors (Lipinski definition) is 4. The van der Waals surface area contributed by atoms with Crippen LogP contribution in [0.3, 0.4) is 0 Å². The van der Waals surface area contributed by atoms with Crippen LogP contribution >= 0.6 is 0 Å². The molecule has 0 spiro atoms. The number of hydrogen-bond donors (Lipinski definition) is 1. The van der Waals surface area contributed by atoms with Crippen molar-refractivity contribution in [3.8, 4) is 0 Å². The van der Waals surface area contributed by atoms with E-state index in [9.17, 15) is 9.59 Å². The average Bonchev–Trinajstić information content (AvgIpc) is 2.79. The summed E-state index contributed by atoms with van der Waals surface area (Å²) in [4.78, 5) is 23.7. The van der Waals surface area contributed by atoms with Gasteiger partial charge in [-0.25, -0.2) is 4.79 Å². The van der Waals surface area contributed by atoms with E-state index in [4.69, 9.17) is 0 Å². The standard InChI is InChI=1S/C8H11N5O2/c1-2-12-5-10-11-6(12)4-13-7(14)3-9-8(13)15/h5H,2-4H2,1H3,(H,9,15). The van der Waals surface area contributed by atoms with E-state index in [0.29, 0.717) is 12.4 Å². The molecule has 0 aliphatic carbocycles. The molecular formula is C8H11N5O2. The van der Waals surface area contributed by atoms with Crippen LogP contribution in [0.5, 0.6) is 0 Å². The topological polar surface area (TPSA) is 80.1 Å². The van der Waals surface area contributed by atoms with Crippen molar-refractivity contribution in [1.29, 1.82) is 0 Å². The Hall–Kier alpha value is -1.92. The molecule has 1 aromatic heterocycles. The zero-order chi connectivity index (χ0) is 10.8. The monoisotopic (exact) mass is 209 g/mol. The molecule has 1 saturated heterocycles. The second-order valence-electron chi connectivity index (χ2n) is 3.17. The molecule has 1 aliphatic rings. The van der Waals surface area contributed by atoms with Crippen molar-refractivity contribution < 1.29 is 9.59 Å². The summed E-state index contributed by atoms with van der Waals surface area (Å²) >= 11 is 0. The van der Waals surface area contributed by atoms with Gasteiger partial charge in [-0.05, 0) is 6.92 Å². The molecule has 1 fully saturated rings. The lowest BCUT2D eigenvalue weighted by molar-refractivity contribution is -0.125. The number of nitrogens with one attached hydrogen (secondary N) is 1. The highest BCUT2D eigenvalue weighted by Crippen LogP contribution is 2.05. The summed E-state index contributed by atoms with van der Waals surface area (Å²) in [5, 5.41) is 10.0. The Balaban J connectivity index is 2.14. The van der Waals surface area contributed by atoms with Crippen molar-refractivity contribution in [1.82, 2.24) is 25.0 Å². The van der Waals surface area contributed by atoms with Gasteiger partial charge in [0.25, 0.3) is 0 Å². The quantitative estimate of drug-likeness (QED) is 0.671. The first-order valence-electron chi connectivity index (χ1n) is 4.67. The number of amides is 3. The molecule has 3 amide bonds. The van der Waals surface area contributed by atoms with E-state index in [1.807, 2.05) is 6.92 Å². The first kappa shape index (κ1) is 9.63. The van der Waals surface area contributed by atoms with Gasteiger partial charge in [-0.15, -0.1) is 10.2 Å². The van der Waals surface area contributed by atoms with Crippen molar-refractivity contribution in [3.63, 3.8) is 0 Å². The molecule has 0 atom stereocenters. The summed E-state index contributed by atoms with van der Waals surface area (Å²) in [6.07, 6.45) is 1.58. The van der Waals surface area contributed by atoms with Gasteiger partial charge in [0, 0.05) is 6.54 Å². The van der Waals surface area contributed by atoms with E-state index in [1.54, 1.807) is 10.9 Å². The zero-order valence-electron chi connectivity index (χ0n) is 8.30. The van der Waals surface area contributed by atoms with Crippen LogP contribution in [-0.4, -0.2) is 38.1 Å². The van der Waals surface area contributed by atoms with Gasteiger partial charge in [0.05, 0.1) is 13.1 Å². The maximum absolute atomic E-state index is 11.3. The zero-order valence-corrected chi connectivity index (χ0v) is 8.30. The van der Waals surface area contributed by atoms with Crippen molar-refractivity contribution in [2.24, 2.45) is 0 Å². The molecule has 0 unspecified atom stereocenters. The van der Waals surface area contributed by atoms with Gasteiger partial charge in [-0.3, -0.25) is 9.69 Å². The number of aryl methyl sites for hydroxylation is 1. The summed E-state index contributed by atoms with van der Waals surface area (Å²) in [7, 11) is 0. The van der Waals surface area contributed by atoms with Gasteiger partial charge in [0.15, 0.2) is 5.82 Å². The molecule has 15 heavy (non-hydrogen) atoms. The van der Waals surface area contributed by atoms with E-state index < -0.39 is 0 Å². The van der Waals surface area contributed by atoms with Crippen LogP contribution in [0.2, 0.25) is 0 Å². The Morgan fingerprint density at radius 1 is 1.53 bits per heavy atom. The third kappa shape index (κ3) is 1.67. The maximum atomic E-state index is 11.3. The van der Waals surface area contributed by atoms with Gasteiger partial charge >= 0.3 is 6.03 Å². The van der Waals surface area contributed by atoms with Gasteiger partial charge in [0.1, 0.15) is 6.33 Å². The number of carbonyl (C=O) groups is 2. The Kier molecular flexibility index (Phi) is 2.36. The number of imide groups is 1. The molecule has 2 rings (SSSR count). The summed E-state index contributed by atoms with van der Waals surface area (Å²) in [5.74, 6) is 0.383. The number of urea groups is 1. The lowest BCUT2D eigenvalue weighted by Gasteiger charge is -2.11. The fourth-order valence-corrected chi connectivity index (χ4v) is 1.42. The SMILES string of the molecule is CCn1cnnc1CN1C(=O)CNC1=O.